The fraction of sp³-hybridized carbons (Fsp3) is 0.182. The molecule has 152 valence electrons. The summed E-state index contributed by atoms with van der Waals surface area (Å²) in [5.41, 5.74) is 4.10. The summed E-state index contributed by atoms with van der Waals surface area (Å²) in [5, 5.41) is 17.5. The molecule has 0 unspecified atom stereocenters. The van der Waals surface area contributed by atoms with Gasteiger partial charge in [-0.3, -0.25) is 14.9 Å². The standard InChI is InChI=1S/C22H20N4O3S/c1-15-2-4-16(5-3-15)22-24-18(14-30-22)8-10-23-21(27)13-25-11-9-17-12-19(26(28)29)6-7-20(17)25/h2-7,9,11-12,14H,8,10,13H2,1H3,(H,23,27). The summed E-state index contributed by atoms with van der Waals surface area (Å²) in [6.07, 6.45) is 2.43. The van der Waals surface area contributed by atoms with Crippen LogP contribution in [0.1, 0.15) is 11.3 Å². The van der Waals surface area contributed by atoms with Crippen molar-refractivity contribution in [1.82, 2.24) is 14.9 Å². The Kier molecular flexibility index (Phi) is 5.58. The van der Waals surface area contributed by atoms with Crippen LogP contribution in [0.15, 0.2) is 60.1 Å². The number of carbonyl (C=O) groups is 1. The van der Waals surface area contributed by atoms with Gasteiger partial charge in [-0.2, -0.15) is 0 Å². The van der Waals surface area contributed by atoms with Crippen molar-refractivity contribution < 1.29 is 9.72 Å². The predicted molar refractivity (Wildman–Crippen MR) is 118 cm³/mol. The lowest BCUT2D eigenvalue weighted by Crippen LogP contribution is -2.29. The van der Waals surface area contributed by atoms with Gasteiger partial charge in [0.2, 0.25) is 5.91 Å². The molecule has 8 heteroatoms. The third kappa shape index (κ3) is 4.38. The highest BCUT2D eigenvalue weighted by atomic mass is 32.1. The summed E-state index contributed by atoms with van der Waals surface area (Å²) in [5.74, 6) is -0.111. The number of hydrogen-bond donors (Lipinski definition) is 1. The van der Waals surface area contributed by atoms with Crippen molar-refractivity contribution in [3.63, 3.8) is 0 Å². The molecule has 0 spiro atoms. The molecule has 0 saturated heterocycles. The Labute approximate surface area is 177 Å². The van der Waals surface area contributed by atoms with E-state index in [1.54, 1.807) is 34.2 Å². The number of aromatic nitrogens is 2. The number of carbonyl (C=O) groups excluding carboxylic acids is 1. The van der Waals surface area contributed by atoms with Gasteiger partial charge in [0.25, 0.3) is 5.69 Å². The summed E-state index contributed by atoms with van der Waals surface area (Å²) in [7, 11) is 0. The minimum Gasteiger partial charge on any atom is -0.354 e. The van der Waals surface area contributed by atoms with E-state index < -0.39 is 4.92 Å². The van der Waals surface area contributed by atoms with E-state index in [0.717, 1.165) is 27.2 Å². The van der Waals surface area contributed by atoms with E-state index >= 15 is 0 Å². The van der Waals surface area contributed by atoms with Crippen molar-refractivity contribution in [2.24, 2.45) is 0 Å². The zero-order chi connectivity index (χ0) is 21.1. The number of non-ortho nitro benzene ring substituents is 1. The van der Waals surface area contributed by atoms with Gasteiger partial charge in [-0.1, -0.05) is 29.8 Å². The first-order valence-electron chi connectivity index (χ1n) is 9.51. The average Bonchev–Trinajstić information content (AvgIpc) is 3.35. The molecule has 30 heavy (non-hydrogen) atoms. The first kappa shape index (κ1) is 19.8. The zero-order valence-electron chi connectivity index (χ0n) is 16.4. The number of rotatable bonds is 7. The molecule has 0 saturated carbocycles. The maximum Gasteiger partial charge on any atom is 0.270 e. The van der Waals surface area contributed by atoms with Gasteiger partial charge in [-0.15, -0.1) is 11.3 Å². The number of nitrogens with zero attached hydrogens (tertiary/aromatic N) is 3. The number of thiazole rings is 1. The molecule has 7 nitrogen and oxygen atoms in total. The van der Waals surface area contributed by atoms with E-state index in [-0.39, 0.29) is 18.1 Å². The summed E-state index contributed by atoms with van der Waals surface area (Å²) in [4.78, 5) is 27.4. The fourth-order valence-corrected chi connectivity index (χ4v) is 4.09. The van der Waals surface area contributed by atoms with Crippen LogP contribution in [0.4, 0.5) is 5.69 Å². The molecule has 2 aromatic carbocycles. The molecule has 2 aromatic heterocycles. The van der Waals surface area contributed by atoms with Crippen LogP contribution in [0.2, 0.25) is 0 Å². The Bertz CT molecular complexity index is 1210. The molecule has 4 aromatic rings. The normalized spacial score (nSPS) is 11.0. The van der Waals surface area contributed by atoms with Gasteiger partial charge >= 0.3 is 0 Å². The molecule has 0 aliphatic rings. The number of hydrogen-bond acceptors (Lipinski definition) is 5. The molecule has 0 bridgehead atoms. The number of nitrogens with one attached hydrogen (secondary N) is 1. The van der Waals surface area contributed by atoms with Crippen LogP contribution in [-0.2, 0) is 17.8 Å². The Morgan fingerprint density at radius 3 is 2.77 bits per heavy atom. The van der Waals surface area contributed by atoms with Crippen LogP contribution in [0.25, 0.3) is 21.5 Å². The van der Waals surface area contributed by atoms with Gasteiger partial charge in [0.15, 0.2) is 0 Å². The number of nitro benzene ring substituents is 1. The number of benzene rings is 2. The summed E-state index contributed by atoms with van der Waals surface area (Å²) >= 11 is 1.60. The van der Waals surface area contributed by atoms with E-state index in [1.165, 1.54) is 17.7 Å². The van der Waals surface area contributed by atoms with Crippen molar-refractivity contribution in [1.29, 1.82) is 0 Å². The molecule has 0 aliphatic carbocycles. The maximum atomic E-state index is 12.3. The first-order valence-corrected chi connectivity index (χ1v) is 10.4. The van der Waals surface area contributed by atoms with Crippen LogP contribution in [0.3, 0.4) is 0 Å². The Morgan fingerprint density at radius 1 is 1.20 bits per heavy atom. The lowest BCUT2D eigenvalue weighted by atomic mass is 10.2. The van der Waals surface area contributed by atoms with E-state index in [0.29, 0.717) is 13.0 Å². The van der Waals surface area contributed by atoms with Crippen molar-refractivity contribution in [3.8, 4) is 10.6 Å². The number of nitro groups is 1. The average molecular weight is 420 g/mol. The Balaban J connectivity index is 1.32. The monoisotopic (exact) mass is 420 g/mol. The lowest BCUT2D eigenvalue weighted by molar-refractivity contribution is -0.384. The zero-order valence-corrected chi connectivity index (χ0v) is 17.2. The SMILES string of the molecule is Cc1ccc(-c2nc(CCNC(=O)Cn3ccc4cc([N+](=O)[O-])ccc43)cs2)cc1. The van der Waals surface area contributed by atoms with Gasteiger partial charge in [0.1, 0.15) is 11.6 Å². The first-order chi connectivity index (χ1) is 14.5. The van der Waals surface area contributed by atoms with Crippen LogP contribution in [-0.4, -0.2) is 26.9 Å². The highest BCUT2D eigenvalue weighted by Gasteiger charge is 2.11. The second-order valence-electron chi connectivity index (χ2n) is 7.05. The van der Waals surface area contributed by atoms with Crippen molar-refractivity contribution in [3.05, 3.63) is 81.5 Å². The quantitative estimate of drug-likeness (QED) is 0.356. The highest BCUT2D eigenvalue weighted by Crippen LogP contribution is 2.24. The van der Waals surface area contributed by atoms with Gasteiger partial charge in [0, 0.05) is 53.1 Å². The minimum atomic E-state index is -0.424. The third-order valence-electron chi connectivity index (χ3n) is 4.83. The van der Waals surface area contributed by atoms with Crippen LogP contribution in [0, 0.1) is 17.0 Å². The largest absolute Gasteiger partial charge is 0.354 e. The number of aryl methyl sites for hydroxylation is 1. The Hall–Kier alpha value is -3.52. The molecule has 1 N–H and O–H groups in total. The second-order valence-corrected chi connectivity index (χ2v) is 7.91. The molecule has 0 atom stereocenters. The summed E-state index contributed by atoms with van der Waals surface area (Å²) < 4.78 is 1.78. The highest BCUT2D eigenvalue weighted by molar-refractivity contribution is 7.13. The predicted octanol–water partition coefficient (Wildman–Crippen LogP) is 4.34. The van der Waals surface area contributed by atoms with Gasteiger partial charge in [-0.25, -0.2) is 4.98 Å². The number of amides is 1. The summed E-state index contributed by atoms with van der Waals surface area (Å²) in [6, 6.07) is 14.7. The van der Waals surface area contributed by atoms with Crippen LogP contribution in [0.5, 0.6) is 0 Å². The van der Waals surface area contributed by atoms with Gasteiger partial charge < -0.3 is 9.88 Å². The second kappa shape index (κ2) is 8.46. The Morgan fingerprint density at radius 2 is 2.00 bits per heavy atom. The topological polar surface area (TPSA) is 90.1 Å². The van der Waals surface area contributed by atoms with Gasteiger partial charge in [-0.05, 0) is 19.1 Å². The summed E-state index contributed by atoms with van der Waals surface area (Å²) in [6.45, 7) is 2.72. The van der Waals surface area contributed by atoms with Crippen molar-refractivity contribution in [2.45, 2.75) is 19.9 Å². The molecule has 1 amide bonds. The van der Waals surface area contributed by atoms with E-state index in [4.69, 9.17) is 0 Å². The smallest absolute Gasteiger partial charge is 0.270 e. The molecular formula is C22H20N4O3S. The molecule has 2 heterocycles. The molecule has 0 radical (unpaired) electrons. The van der Waals surface area contributed by atoms with Gasteiger partial charge in [0.05, 0.1) is 10.6 Å². The third-order valence-corrected chi connectivity index (χ3v) is 5.77. The lowest BCUT2D eigenvalue weighted by Gasteiger charge is -2.07. The van der Waals surface area contributed by atoms with E-state index in [9.17, 15) is 14.9 Å². The molecule has 0 fully saturated rings. The van der Waals surface area contributed by atoms with Crippen LogP contribution < -0.4 is 5.32 Å². The molecular weight excluding hydrogens is 400 g/mol. The molecule has 4 rings (SSSR count). The minimum absolute atomic E-state index is 0.0398. The number of fused-ring (bicyclic) bond motifs is 1. The van der Waals surface area contributed by atoms with Crippen molar-refractivity contribution >= 4 is 33.8 Å². The van der Waals surface area contributed by atoms with E-state index in [2.05, 4.69) is 41.5 Å². The van der Waals surface area contributed by atoms with Crippen LogP contribution >= 0.6 is 11.3 Å². The molecule has 0 aliphatic heterocycles. The fourth-order valence-electron chi connectivity index (χ4n) is 3.23. The van der Waals surface area contributed by atoms with E-state index in [1.807, 2.05) is 5.38 Å². The maximum absolute atomic E-state index is 12.3. The van der Waals surface area contributed by atoms with Crippen molar-refractivity contribution in [2.75, 3.05) is 6.54 Å².